The van der Waals surface area contributed by atoms with Gasteiger partial charge in [-0.15, -0.1) is 0 Å². The Morgan fingerprint density at radius 2 is 1.83 bits per heavy atom. The molecule has 0 saturated heterocycles. The minimum absolute atomic E-state index is 0.437. The Morgan fingerprint density at radius 1 is 1.03 bits per heavy atom. The van der Waals surface area contributed by atoms with Gasteiger partial charge in [0.15, 0.2) is 11.5 Å². The van der Waals surface area contributed by atoms with Gasteiger partial charge in [0.1, 0.15) is 5.82 Å². The highest BCUT2D eigenvalue weighted by molar-refractivity contribution is 6.21. The Kier molecular flexibility index (Phi) is 4.78. The Balaban J connectivity index is 2.00. The number of pyridine rings is 2. The smallest absolute Gasteiger partial charge is 0.163 e. The van der Waals surface area contributed by atoms with Crippen molar-refractivity contribution < 1.29 is 9.47 Å². The maximum atomic E-state index is 6.28. The van der Waals surface area contributed by atoms with Gasteiger partial charge >= 0.3 is 0 Å². The lowest BCUT2D eigenvalue weighted by Gasteiger charge is -2.15. The Hall–Kier alpha value is -3.28. The van der Waals surface area contributed by atoms with Crippen molar-refractivity contribution >= 4 is 44.1 Å². The zero-order chi connectivity index (χ0) is 20.7. The van der Waals surface area contributed by atoms with E-state index in [0.717, 1.165) is 44.6 Å². The van der Waals surface area contributed by atoms with Crippen molar-refractivity contribution in [2.24, 2.45) is 5.92 Å². The van der Waals surface area contributed by atoms with E-state index < -0.39 is 0 Å². The summed E-state index contributed by atoms with van der Waals surface area (Å²) in [5.74, 6) is 2.37. The molecule has 0 aliphatic heterocycles. The molecule has 0 saturated carbocycles. The first-order chi connectivity index (χ1) is 13.9. The van der Waals surface area contributed by atoms with Crippen LogP contribution in [0.2, 0.25) is 0 Å². The maximum absolute atomic E-state index is 6.28. The van der Waals surface area contributed by atoms with Gasteiger partial charge in [-0.3, -0.25) is 4.98 Å². The van der Waals surface area contributed by atoms with Gasteiger partial charge in [0.2, 0.25) is 0 Å². The monoisotopic (exact) mass is 390 g/mol. The van der Waals surface area contributed by atoms with E-state index in [0.29, 0.717) is 35.5 Å². The second-order valence-electron chi connectivity index (χ2n) is 7.77. The normalized spacial score (nSPS) is 11.6. The van der Waals surface area contributed by atoms with Crippen LogP contribution in [0.5, 0.6) is 11.5 Å². The van der Waals surface area contributed by atoms with Crippen LogP contribution in [0, 0.1) is 12.8 Å². The first-order valence-electron chi connectivity index (χ1n) is 9.78. The predicted molar refractivity (Wildman–Crippen MR) is 120 cm³/mol. The highest BCUT2D eigenvalue weighted by Crippen LogP contribution is 2.39. The second-order valence-corrected chi connectivity index (χ2v) is 7.77. The standard InChI is InChI=1S/C23H26N4O2/c1-12(2)7-8-29-20-10-18-15(9-19(20)28-4)21-14-5-6-17(24)13(3)22(14)27-23(25)16(21)11-26-18/h5-6,9-12H,7-8,24H2,1-4H3,(H2,25,27). The van der Waals surface area contributed by atoms with Crippen molar-refractivity contribution in [3.05, 3.63) is 36.0 Å². The molecular weight excluding hydrogens is 364 g/mol. The van der Waals surface area contributed by atoms with Crippen LogP contribution in [-0.4, -0.2) is 23.7 Å². The molecule has 4 N–H and O–H groups in total. The highest BCUT2D eigenvalue weighted by atomic mass is 16.5. The van der Waals surface area contributed by atoms with Crippen molar-refractivity contribution in [1.82, 2.24) is 9.97 Å². The first kappa shape index (κ1) is 19.1. The van der Waals surface area contributed by atoms with Gasteiger partial charge in [0, 0.05) is 39.5 Å². The van der Waals surface area contributed by atoms with E-state index in [2.05, 4.69) is 23.8 Å². The molecule has 0 bridgehead atoms. The number of ether oxygens (including phenoxy) is 2. The van der Waals surface area contributed by atoms with Crippen LogP contribution in [0.4, 0.5) is 11.5 Å². The number of aromatic nitrogens is 2. The number of anilines is 2. The van der Waals surface area contributed by atoms with Crippen LogP contribution in [0.1, 0.15) is 25.8 Å². The SMILES string of the molecule is COc1cc2c(cc1OCCC(C)C)ncc1c(N)nc3c(C)c(N)ccc3c12. The molecule has 0 radical (unpaired) electrons. The van der Waals surface area contributed by atoms with E-state index >= 15 is 0 Å². The predicted octanol–water partition coefficient (Wildman–Crippen LogP) is 4.84. The summed E-state index contributed by atoms with van der Waals surface area (Å²) in [6, 6.07) is 7.80. The lowest BCUT2D eigenvalue weighted by atomic mass is 9.99. The van der Waals surface area contributed by atoms with Crippen LogP contribution < -0.4 is 20.9 Å². The molecule has 6 heteroatoms. The summed E-state index contributed by atoms with van der Waals surface area (Å²) in [4.78, 5) is 9.21. The molecule has 29 heavy (non-hydrogen) atoms. The zero-order valence-corrected chi connectivity index (χ0v) is 17.2. The van der Waals surface area contributed by atoms with Gasteiger partial charge in [-0.25, -0.2) is 4.98 Å². The summed E-state index contributed by atoms with van der Waals surface area (Å²) in [6.45, 7) is 6.94. The average molecular weight is 390 g/mol. The van der Waals surface area contributed by atoms with Gasteiger partial charge in [0.25, 0.3) is 0 Å². The van der Waals surface area contributed by atoms with Crippen molar-refractivity contribution in [2.75, 3.05) is 25.2 Å². The van der Waals surface area contributed by atoms with E-state index in [1.165, 1.54) is 0 Å². The Morgan fingerprint density at radius 3 is 2.55 bits per heavy atom. The fraction of sp³-hybridized carbons (Fsp3) is 0.304. The largest absolute Gasteiger partial charge is 0.493 e. The van der Waals surface area contributed by atoms with Crippen molar-refractivity contribution in [1.29, 1.82) is 0 Å². The second kappa shape index (κ2) is 7.28. The van der Waals surface area contributed by atoms with E-state index in [1.807, 2.05) is 31.2 Å². The summed E-state index contributed by atoms with van der Waals surface area (Å²) in [6.07, 6.45) is 2.75. The number of hydrogen-bond acceptors (Lipinski definition) is 6. The van der Waals surface area contributed by atoms with E-state index in [1.54, 1.807) is 13.3 Å². The van der Waals surface area contributed by atoms with Crippen molar-refractivity contribution in [2.45, 2.75) is 27.2 Å². The third-order valence-electron chi connectivity index (χ3n) is 5.36. The van der Waals surface area contributed by atoms with Crippen LogP contribution in [-0.2, 0) is 0 Å². The van der Waals surface area contributed by atoms with Crippen molar-refractivity contribution in [3.63, 3.8) is 0 Å². The molecule has 0 spiro atoms. The molecule has 0 aliphatic rings. The summed E-state index contributed by atoms with van der Waals surface area (Å²) < 4.78 is 11.6. The summed E-state index contributed by atoms with van der Waals surface area (Å²) in [5, 5.41) is 3.74. The first-order valence-corrected chi connectivity index (χ1v) is 9.78. The van der Waals surface area contributed by atoms with E-state index in [9.17, 15) is 0 Å². The minimum Gasteiger partial charge on any atom is -0.493 e. The van der Waals surface area contributed by atoms with Gasteiger partial charge < -0.3 is 20.9 Å². The number of benzene rings is 2. The number of nitrogen functional groups attached to an aromatic ring is 2. The molecule has 2 aromatic heterocycles. The minimum atomic E-state index is 0.437. The van der Waals surface area contributed by atoms with Gasteiger partial charge in [-0.2, -0.15) is 0 Å². The number of aryl methyl sites for hydroxylation is 1. The van der Waals surface area contributed by atoms with Gasteiger partial charge in [-0.05, 0) is 37.0 Å². The Bertz CT molecular complexity index is 1230. The van der Waals surface area contributed by atoms with Gasteiger partial charge in [0.05, 0.1) is 24.8 Å². The molecule has 4 rings (SSSR count). The van der Waals surface area contributed by atoms with Crippen LogP contribution in [0.25, 0.3) is 32.6 Å². The lowest BCUT2D eigenvalue weighted by Crippen LogP contribution is -2.03. The average Bonchev–Trinajstić information content (AvgIpc) is 2.70. The Labute approximate surface area is 169 Å². The fourth-order valence-corrected chi connectivity index (χ4v) is 3.60. The summed E-state index contributed by atoms with van der Waals surface area (Å²) in [5.41, 5.74) is 15.6. The molecule has 150 valence electrons. The number of fused-ring (bicyclic) bond motifs is 5. The molecule has 4 aromatic rings. The van der Waals surface area contributed by atoms with E-state index in [-0.39, 0.29) is 0 Å². The third kappa shape index (κ3) is 3.24. The molecule has 6 nitrogen and oxygen atoms in total. The fourth-order valence-electron chi connectivity index (χ4n) is 3.60. The van der Waals surface area contributed by atoms with E-state index in [4.69, 9.17) is 20.9 Å². The van der Waals surface area contributed by atoms with Crippen molar-refractivity contribution in [3.8, 4) is 11.5 Å². The number of hydrogen-bond donors (Lipinski definition) is 2. The molecular formula is C23H26N4O2. The number of nitrogens with two attached hydrogens (primary N) is 2. The maximum Gasteiger partial charge on any atom is 0.163 e. The molecule has 0 fully saturated rings. The summed E-state index contributed by atoms with van der Waals surface area (Å²) in [7, 11) is 1.65. The topological polar surface area (TPSA) is 96.3 Å². The van der Waals surface area contributed by atoms with Crippen LogP contribution >= 0.6 is 0 Å². The third-order valence-corrected chi connectivity index (χ3v) is 5.36. The van der Waals surface area contributed by atoms with Crippen LogP contribution in [0.3, 0.4) is 0 Å². The molecule has 2 heterocycles. The number of methoxy groups -OCH3 is 1. The molecule has 0 atom stereocenters. The number of rotatable bonds is 5. The highest BCUT2D eigenvalue weighted by Gasteiger charge is 2.16. The molecule has 0 unspecified atom stereocenters. The quantitative estimate of drug-likeness (QED) is 0.374. The number of nitrogens with zero attached hydrogens (tertiary/aromatic N) is 2. The van der Waals surface area contributed by atoms with Gasteiger partial charge in [-0.1, -0.05) is 19.9 Å². The van der Waals surface area contributed by atoms with Crippen LogP contribution in [0.15, 0.2) is 30.5 Å². The molecule has 0 amide bonds. The molecule has 0 aliphatic carbocycles. The summed E-state index contributed by atoms with van der Waals surface area (Å²) >= 11 is 0. The molecule has 2 aromatic carbocycles. The zero-order valence-electron chi connectivity index (χ0n) is 17.2. The lowest BCUT2D eigenvalue weighted by molar-refractivity contribution is 0.273.